The molecule has 1 N–H and O–H groups in total. The number of carbonyl (C=O) groups is 1. The average Bonchev–Trinajstić information content (AvgIpc) is 2.68. The molecule has 8 heteroatoms. The maximum absolute atomic E-state index is 13.3. The number of aromatic nitrogens is 1. The third kappa shape index (κ3) is 4.91. The van der Waals surface area contributed by atoms with Crippen molar-refractivity contribution in [1.29, 1.82) is 0 Å². The molecule has 0 spiro atoms. The number of hydrogen-bond donors (Lipinski definition) is 1. The summed E-state index contributed by atoms with van der Waals surface area (Å²) in [7, 11) is 0. The molecule has 2 aliphatic rings. The minimum atomic E-state index is -4.45. The summed E-state index contributed by atoms with van der Waals surface area (Å²) in [5.74, 6) is -0.413. The van der Waals surface area contributed by atoms with Crippen molar-refractivity contribution in [2.24, 2.45) is 5.92 Å². The number of carbonyl (C=O) groups excluding carboxylic acids is 1. The lowest BCUT2D eigenvalue weighted by Crippen LogP contribution is -2.49. The largest absolute Gasteiger partial charge is 0.419 e. The Morgan fingerprint density at radius 3 is 2.67 bits per heavy atom. The number of piperidine rings is 2. The highest BCUT2D eigenvalue weighted by molar-refractivity contribution is 5.80. The highest BCUT2D eigenvalue weighted by Crippen LogP contribution is 2.36. The van der Waals surface area contributed by atoms with Gasteiger partial charge in [0, 0.05) is 38.4 Å². The molecule has 0 unspecified atom stereocenters. The van der Waals surface area contributed by atoms with Crippen molar-refractivity contribution in [3.8, 4) is 0 Å². The van der Waals surface area contributed by atoms with Crippen molar-refractivity contribution in [3.05, 3.63) is 23.9 Å². The number of rotatable bonds is 4. The standard InChI is InChI=1S/C19H27F3N4O/c1-2-25-11-7-15(8-12-25)24-18(27)14-5-4-10-26(13-14)17-16(19(20,21)22)6-3-9-23-17/h3,6,9,14-15H,2,4-5,7-8,10-13H2,1H3,(H,24,27)/t14-/m0/s1. The molecule has 1 aromatic heterocycles. The summed E-state index contributed by atoms with van der Waals surface area (Å²) in [6, 6.07) is 2.51. The molecule has 2 aliphatic heterocycles. The van der Waals surface area contributed by atoms with Gasteiger partial charge in [-0.25, -0.2) is 4.98 Å². The van der Waals surface area contributed by atoms with Gasteiger partial charge >= 0.3 is 6.18 Å². The number of nitrogens with one attached hydrogen (secondary N) is 1. The molecule has 0 aliphatic carbocycles. The van der Waals surface area contributed by atoms with Crippen molar-refractivity contribution in [2.45, 2.75) is 44.8 Å². The van der Waals surface area contributed by atoms with Crippen molar-refractivity contribution in [3.63, 3.8) is 0 Å². The highest BCUT2D eigenvalue weighted by Gasteiger charge is 2.37. The summed E-state index contributed by atoms with van der Waals surface area (Å²) in [4.78, 5) is 20.6. The van der Waals surface area contributed by atoms with E-state index < -0.39 is 11.7 Å². The van der Waals surface area contributed by atoms with Gasteiger partial charge in [-0.3, -0.25) is 4.79 Å². The van der Waals surface area contributed by atoms with Crippen molar-refractivity contribution >= 4 is 11.7 Å². The maximum Gasteiger partial charge on any atom is 0.419 e. The van der Waals surface area contributed by atoms with Crippen LogP contribution in [0, 0.1) is 5.92 Å². The Kier molecular flexibility index (Phi) is 6.24. The third-order valence-electron chi connectivity index (χ3n) is 5.56. The lowest BCUT2D eigenvalue weighted by atomic mass is 9.95. The van der Waals surface area contributed by atoms with Gasteiger partial charge < -0.3 is 15.1 Å². The molecular formula is C19H27F3N4O. The second-order valence-electron chi connectivity index (χ2n) is 7.37. The van der Waals surface area contributed by atoms with Crippen LogP contribution in [0.25, 0.3) is 0 Å². The first-order chi connectivity index (χ1) is 12.9. The van der Waals surface area contributed by atoms with Crippen LogP contribution in [0.2, 0.25) is 0 Å². The Morgan fingerprint density at radius 1 is 1.26 bits per heavy atom. The molecule has 3 rings (SSSR count). The molecule has 1 atom stereocenters. The van der Waals surface area contributed by atoms with Crippen molar-refractivity contribution in [1.82, 2.24) is 15.2 Å². The summed E-state index contributed by atoms with van der Waals surface area (Å²) in [5.41, 5.74) is -0.738. The van der Waals surface area contributed by atoms with Crippen LogP contribution >= 0.6 is 0 Å². The van der Waals surface area contributed by atoms with Crippen LogP contribution in [0.5, 0.6) is 0 Å². The topological polar surface area (TPSA) is 48.5 Å². The Balaban J connectivity index is 1.62. The van der Waals surface area contributed by atoms with E-state index in [1.54, 1.807) is 4.90 Å². The van der Waals surface area contributed by atoms with Gasteiger partial charge in [0.25, 0.3) is 0 Å². The Hall–Kier alpha value is -1.83. The number of pyridine rings is 1. The highest BCUT2D eigenvalue weighted by atomic mass is 19.4. The first-order valence-corrected chi connectivity index (χ1v) is 9.68. The Labute approximate surface area is 157 Å². The number of likely N-dealkylation sites (tertiary alicyclic amines) is 1. The minimum absolute atomic E-state index is 0.0425. The zero-order chi connectivity index (χ0) is 19.4. The van der Waals surface area contributed by atoms with Gasteiger partial charge in [0.05, 0.1) is 11.5 Å². The quantitative estimate of drug-likeness (QED) is 0.867. The summed E-state index contributed by atoms with van der Waals surface area (Å²) < 4.78 is 39.8. The Morgan fingerprint density at radius 2 is 2.00 bits per heavy atom. The van der Waals surface area contributed by atoms with E-state index in [1.165, 1.54) is 12.3 Å². The second-order valence-corrected chi connectivity index (χ2v) is 7.37. The SMILES string of the molecule is CCN1CCC(NC(=O)[C@H]2CCCN(c3ncccc3C(F)(F)F)C2)CC1. The van der Waals surface area contributed by atoms with E-state index in [4.69, 9.17) is 0 Å². The lowest BCUT2D eigenvalue weighted by Gasteiger charge is -2.36. The molecule has 150 valence electrons. The number of hydrogen-bond acceptors (Lipinski definition) is 4. The molecule has 0 aromatic carbocycles. The van der Waals surface area contributed by atoms with Crippen LogP contribution in [0.3, 0.4) is 0 Å². The molecular weight excluding hydrogens is 357 g/mol. The maximum atomic E-state index is 13.3. The van der Waals surface area contributed by atoms with Gasteiger partial charge in [-0.1, -0.05) is 6.92 Å². The van der Waals surface area contributed by atoms with Crippen LogP contribution in [0.4, 0.5) is 19.0 Å². The second kappa shape index (κ2) is 8.46. The normalized spacial score (nSPS) is 22.7. The van der Waals surface area contributed by atoms with Crippen LogP contribution in [-0.4, -0.2) is 54.6 Å². The van der Waals surface area contributed by atoms with Gasteiger partial charge in [-0.2, -0.15) is 13.2 Å². The van der Waals surface area contributed by atoms with E-state index in [1.807, 2.05) is 0 Å². The molecule has 27 heavy (non-hydrogen) atoms. The van der Waals surface area contributed by atoms with Gasteiger partial charge in [0.2, 0.25) is 5.91 Å². The van der Waals surface area contributed by atoms with Gasteiger partial charge in [-0.05, 0) is 44.4 Å². The Bertz CT molecular complexity index is 644. The first kappa shape index (κ1) is 19.9. The molecule has 2 fully saturated rings. The first-order valence-electron chi connectivity index (χ1n) is 9.68. The number of halogens is 3. The van der Waals surface area contributed by atoms with E-state index >= 15 is 0 Å². The molecule has 2 saturated heterocycles. The zero-order valence-electron chi connectivity index (χ0n) is 15.6. The van der Waals surface area contributed by atoms with Gasteiger partial charge in [0.1, 0.15) is 5.82 Å². The molecule has 1 aromatic rings. The van der Waals surface area contributed by atoms with E-state index in [0.29, 0.717) is 19.4 Å². The van der Waals surface area contributed by atoms with Gasteiger partial charge in [0.15, 0.2) is 0 Å². The lowest BCUT2D eigenvalue weighted by molar-refractivity contribution is -0.137. The van der Waals surface area contributed by atoms with E-state index in [2.05, 4.69) is 22.1 Å². The fourth-order valence-electron chi connectivity index (χ4n) is 3.97. The van der Waals surface area contributed by atoms with E-state index in [-0.39, 0.29) is 30.2 Å². The molecule has 0 saturated carbocycles. The predicted molar refractivity (Wildman–Crippen MR) is 97.5 cm³/mol. The summed E-state index contributed by atoms with van der Waals surface area (Å²) in [6.07, 6.45) is 0.148. The van der Waals surface area contributed by atoms with Crippen LogP contribution in [-0.2, 0) is 11.0 Å². The fourth-order valence-corrected chi connectivity index (χ4v) is 3.97. The summed E-state index contributed by atoms with van der Waals surface area (Å²) >= 11 is 0. The number of nitrogens with zero attached hydrogens (tertiary/aromatic N) is 3. The van der Waals surface area contributed by atoms with Crippen LogP contribution < -0.4 is 10.2 Å². The minimum Gasteiger partial charge on any atom is -0.355 e. The third-order valence-corrected chi connectivity index (χ3v) is 5.56. The summed E-state index contributed by atoms with van der Waals surface area (Å²) in [6.45, 7) is 5.85. The molecule has 0 bridgehead atoms. The zero-order valence-corrected chi connectivity index (χ0v) is 15.6. The average molecular weight is 384 g/mol. The van der Waals surface area contributed by atoms with E-state index in [9.17, 15) is 18.0 Å². The van der Waals surface area contributed by atoms with Crippen molar-refractivity contribution in [2.75, 3.05) is 37.6 Å². The fraction of sp³-hybridized carbons (Fsp3) is 0.684. The number of amides is 1. The van der Waals surface area contributed by atoms with Crippen LogP contribution in [0.1, 0.15) is 38.2 Å². The van der Waals surface area contributed by atoms with Gasteiger partial charge in [-0.15, -0.1) is 0 Å². The predicted octanol–water partition coefficient (Wildman–Crippen LogP) is 2.92. The molecule has 5 nitrogen and oxygen atoms in total. The van der Waals surface area contributed by atoms with Crippen LogP contribution in [0.15, 0.2) is 18.3 Å². The number of alkyl halides is 3. The van der Waals surface area contributed by atoms with Crippen molar-refractivity contribution < 1.29 is 18.0 Å². The summed E-state index contributed by atoms with van der Waals surface area (Å²) in [5, 5.41) is 3.12. The molecule has 1 amide bonds. The smallest absolute Gasteiger partial charge is 0.355 e. The molecule has 3 heterocycles. The number of anilines is 1. The molecule has 0 radical (unpaired) electrons. The van der Waals surface area contributed by atoms with E-state index in [0.717, 1.165) is 38.5 Å². The monoisotopic (exact) mass is 384 g/mol.